The third-order valence-electron chi connectivity index (χ3n) is 7.01. The molecule has 0 amide bonds. The molecule has 2 fully saturated rings. The number of aromatic nitrogens is 1. The fraction of sp³-hybridized carbons (Fsp3) is 0.520. The summed E-state index contributed by atoms with van der Waals surface area (Å²) in [5.74, 6) is 0.332. The summed E-state index contributed by atoms with van der Waals surface area (Å²) >= 11 is 0. The van der Waals surface area contributed by atoms with Gasteiger partial charge in [-0.15, -0.1) is 0 Å². The molecule has 0 saturated carbocycles. The van der Waals surface area contributed by atoms with Crippen molar-refractivity contribution in [2.75, 3.05) is 18.6 Å². The van der Waals surface area contributed by atoms with E-state index in [2.05, 4.69) is 15.5 Å². The lowest BCUT2D eigenvalue weighted by Gasteiger charge is -2.20. The van der Waals surface area contributed by atoms with Crippen molar-refractivity contribution >= 4 is 15.6 Å². The Bertz CT molecular complexity index is 1120. The van der Waals surface area contributed by atoms with Gasteiger partial charge in [0.05, 0.1) is 18.2 Å². The van der Waals surface area contributed by atoms with Crippen molar-refractivity contribution in [2.24, 2.45) is 0 Å². The highest BCUT2D eigenvalue weighted by Crippen LogP contribution is 2.37. The van der Waals surface area contributed by atoms with Crippen LogP contribution in [0.15, 0.2) is 30.3 Å². The molecule has 0 N–H and O–H groups in total. The third kappa shape index (κ3) is 4.82. The van der Waals surface area contributed by atoms with Gasteiger partial charge in [0.1, 0.15) is 9.84 Å². The van der Waals surface area contributed by atoms with Crippen molar-refractivity contribution in [1.82, 2.24) is 9.47 Å². The summed E-state index contributed by atoms with van der Waals surface area (Å²) in [6.07, 6.45) is 8.10. The zero-order valence-electron chi connectivity index (χ0n) is 18.9. The standard InChI is InChI=1S/C25H31N3O3S/c1-18-24(25(29)17-27-20-10-11-21(27)13-12-20)15-23(5-3-4-14-32(2,30)31)28(18)22-8-6-19(16-26)7-9-22/h6-9,15,20-21H,3-5,10-14,17H2,1-2H3. The second-order valence-electron chi connectivity index (χ2n) is 9.27. The minimum absolute atomic E-state index is 0.158. The number of unbranched alkanes of at least 4 members (excludes halogenated alkanes) is 1. The number of hydrogen-bond acceptors (Lipinski definition) is 5. The maximum absolute atomic E-state index is 13.3. The summed E-state index contributed by atoms with van der Waals surface area (Å²) in [6, 6.07) is 12.6. The Morgan fingerprint density at radius 1 is 1.09 bits per heavy atom. The first kappa shape index (κ1) is 22.8. The molecule has 0 aliphatic carbocycles. The molecule has 1 aromatic heterocycles. The number of Topliss-reactive ketones (excluding diaryl/α,β-unsaturated/α-hetero) is 1. The van der Waals surface area contributed by atoms with Gasteiger partial charge in [-0.3, -0.25) is 9.69 Å². The lowest BCUT2D eigenvalue weighted by atomic mass is 10.0. The molecular weight excluding hydrogens is 422 g/mol. The largest absolute Gasteiger partial charge is 0.317 e. The van der Waals surface area contributed by atoms with Gasteiger partial charge < -0.3 is 4.57 Å². The first-order chi connectivity index (χ1) is 15.3. The van der Waals surface area contributed by atoms with Crippen LogP contribution in [0.25, 0.3) is 5.69 Å². The zero-order valence-corrected chi connectivity index (χ0v) is 19.7. The molecule has 2 aliphatic rings. The minimum Gasteiger partial charge on any atom is -0.317 e. The highest BCUT2D eigenvalue weighted by molar-refractivity contribution is 7.90. The van der Waals surface area contributed by atoms with E-state index >= 15 is 0 Å². The van der Waals surface area contributed by atoms with Crippen molar-refractivity contribution in [2.45, 2.75) is 64.0 Å². The van der Waals surface area contributed by atoms with Gasteiger partial charge in [-0.25, -0.2) is 8.42 Å². The number of fused-ring (bicyclic) bond motifs is 2. The summed E-state index contributed by atoms with van der Waals surface area (Å²) in [6.45, 7) is 2.45. The van der Waals surface area contributed by atoms with E-state index in [1.54, 1.807) is 12.1 Å². The number of hydrogen-bond donors (Lipinski definition) is 0. The second-order valence-corrected chi connectivity index (χ2v) is 11.5. The Morgan fingerprint density at radius 2 is 1.72 bits per heavy atom. The quantitative estimate of drug-likeness (QED) is 0.426. The van der Waals surface area contributed by atoms with Gasteiger partial charge in [0, 0.05) is 46.7 Å². The molecule has 32 heavy (non-hydrogen) atoms. The average molecular weight is 454 g/mol. The average Bonchev–Trinajstić information content (AvgIpc) is 3.43. The Balaban J connectivity index is 1.59. The van der Waals surface area contributed by atoms with E-state index in [1.165, 1.54) is 31.9 Å². The van der Waals surface area contributed by atoms with Crippen LogP contribution in [-0.4, -0.2) is 54.3 Å². The number of nitriles is 1. The maximum atomic E-state index is 13.3. The van der Waals surface area contributed by atoms with Crippen LogP contribution in [0.2, 0.25) is 0 Å². The van der Waals surface area contributed by atoms with Gasteiger partial charge >= 0.3 is 0 Å². The summed E-state index contributed by atoms with van der Waals surface area (Å²) in [5, 5.41) is 9.12. The van der Waals surface area contributed by atoms with Gasteiger partial charge in [-0.2, -0.15) is 5.26 Å². The molecule has 0 radical (unpaired) electrons. The lowest BCUT2D eigenvalue weighted by molar-refractivity contribution is 0.0917. The molecule has 3 heterocycles. The topological polar surface area (TPSA) is 83.2 Å². The summed E-state index contributed by atoms with van der Waals surface area (Å²) in [5.41, 5.74) is 4.17. The zero-order chi connectivity index (χ0) is 22.9. The van der Waals surface area contributed by atoms with Crippen LogP contribution < -0.4 is 0 Å². The van der Waals surface area contributed by atoms with E-state index in [4.69, 9.17) is 5.26 Å². The number of aryl methyl sites for hydroxylation is 1. The number of ketones is 1. The van der Waals surface area contributed by atoms with Crippen LogP contribution in [0.4, 0.5) is 0 Å². The number of carbonyl (C=O) groups is 1. The molecule has 1 aromatic carbocycles. The number of nitrogens with zero attached hydrogens (tertiary/aromatic N) is 3. The summed E-state index contributed by atoms with van der Waals surface area (Å²) in [7, 11) is -2.98. The molecule has 2 aliphatic heterocycles. The van der Waals surface area contributed by atoms with E-state index < -0.39 is 9.84 Å². The van der Waals surface area contributed by atoms with Crippen molar-refractivity contribution < 1.29 is 13.2 Å². The monoisotopic (exact) mass is 453 g/mol. The maximum Gasteiger partial charge on any atom is 0.178 e. The van der Waals surface area contributed by atoms with Crippen LogP contribution >= 0.6 is 0 Å². The van der Waals surface area contributed by atoms with E-state index in [-0.39, 0.29) is 11.5 Å². The highest BCUT2D eigenvalue weighted by Gasteiger charge is 2.40. The number of carbonyl (C=O) groups excluding carboxylic acids is 1. The van der Waals surface area contributed by atoms with Crippen molar-refractivity contribution in [3.8, 4) is 11.8 Å². The molecule has 4 rings (SSSR count). The predicted octanol–water partition coefficient (Wildman–Crippen LogP) is 3.83. The molecule has 0 spiro atoms. The Labute approximate surface area is 190 Å². The molecule has 170 valence electrons. The van der Waals surface area contributed by atoms with Crippen molar-refractivity contribution in [3.05, 3.63) is 52.8 Å². The van der Waals surface area contributed by atoms with Crippen molar-refractivity contribution in [3.63, 3.8) is 0 Å². The molecule has 0 atom stereocenters. The van der Waals surface area contributed by atoms with Crippen LogP contribution in [0.1, 0.15) is 65.8 Å². The molecule has 0 unspecified atom stereocenters. The highest BCUT2D eigenvalue weighted by atomic mass is 32.2. The SMILES string of the molecule is Cc1c(C(=O)CN2C3CCC2CC3)cc(CCCCS(C)(=O)=O)n1-c1ccc(C#N)cc1. The summed E-state index contributed by atoms with van der Waals surface area (Å²) in [4.78, 5) is 15.7. The smallest absolute Gasteiger partial charge is 0.178 e. The van der Waals surface area contributed by atoms with Gasteiger partial charge in [0.15, 0.2) is 5.78 Å². The fourth-order valence-corrected chi connectivity index (χ4v) is 6.11. The molecule has 7 heteroatoms. The molecular formula is C25H31N3O3S. The van der Waals surface area contributed by atoms with E-state index in [0.29, 0.717) is 37.0 Å². The first-order valence-electron chi connectivity index (χ1n) is 11.5. The Hall–Kier alpha value is -2.43. The number of sulfone groups is 1. The number of rotatable bonds is 9. The van der Waals surface area contributed by atoms with Gasteiger partial charge in [0.25, 0.3) is 0 Å². The van der Waals surface area contributed by atoms with E-state index in [0.717, 1.165) is 29.1 Å². The third-order valence-corrected chi connectivity index (χ3v) is 8.04. The lowest BCUT2D eigenvalue weighted by Crippen LogP contribution is -2.34. The minimum atomic E-state index is -2.98. The predicted molar refractivity (Wildman–Crippen MR) is 125 cm³/mol. The van der Waals surface area contributed by atoms with Gasteiger partial charge in [0.2, 0.25) is 0 Å². The van der Waals surface area contributed by atoms with Crippen LogP contribution in [0, 0.1) is 18.3 Å². The Morgan fingerprint density at radius 3 is 2.28 bits per heavy atom. The normalized spacial score (nSPS) is 20.5. The van der Waals surface area contributed by atoms with Crippen molar-refractivity contribution in [1.29, 1.82) is 5.26 Å². The first-order valence-corrected chi connectivity index (χ1v) is 13.5. The van der Waals surface area contributed by atoms with E-state index in [1.807, 2.05) is 25.1 Å². The fourth-order valence-electron chi connectivity index (χ4n) is 5.38. The number of benzene rings is 1. The molecule has 2 saturated heterocycles. The van der Waals surface area contributed by atoms with Gasteiger partial charge in [-0.1, -0.05) is 0 Å². The molecule has 2 bridgehead atoms. The van der Waals surface area contributed by atoms with Gasteiger partial charge in [-0.05, 0) is 82.2 Å². The summed E-state index contributed by atoms with van der Waals surface area (Å²) < 4.78 is 25.1. The molecule has 6 nitrogen and oxygen atoms in total. The van der Waals surface area contributed by atoms with Crippen LogP contribution in [0.3, 0.4) is 0 Å². The van der Waals surface area contributed by atoms with Crippen LogP contribution in [-0.2, 0) is 16.3 Å². The second kappa shape index (κ2) is 9.21. The van der Waals surface area contributed by atoms with E-state index in [9.17, 15) is 13.2 Å². The Kier molecular flexibility index (Phi) is 6.55. The van der Waals surface area contributed by atoms with Crippen LogP contribution in [0.5, 0.6) is 0 Å². The molecule has 2 aromatic rings.